The molecule has 0 aromatic carbocycles. The topological polar surface area (TPSA) is 57.5 Å². The second-order valence-electron chi connectivity index (χ2n) is 8.92. The first-order valence-corrected chi connectivity index (χ1v) is 10.2. The van der Waals surface area contributed by atoms with E-state index in [9.17, 15) is 9.90 Å². The van der Waals surface area contributed by atoms with Crippen LogP contribution >= 0.6 is 0 Å². The molecule has 0 aromatic rings. The number of aliphatic hydroxyl groups excluding tert-OH is 1. The number of allylic oxidation sites excluding steroid dienone is 5. The Balaban J connectivity index is 2.39. The van der Waals surface area contributed by atoms with E-state index in [1.54, 1.807) is 6.08 Å². The standard InChI is InChI=1S/C23H36O3/c1-14(2)12-16(4)22-17(5)13-19-20(24)11-10-15(3)23(19)18(22)8-6-7-9-21(25)26/h6-9,12,14-15,17-20,22-24H,10-11,13H2,1-5H3,(H,25,26)/b8-6+,9-7+,16-12+/t15-,17+,18+,19-,20-,22+,23-/m0/s1. The molecule has 2 rings (SSSR count). The van der Waals surface area contributed by atoms with Gasteiger partial charge >= 0.3 is 5.97 Å². The fraction of sp³-hybridized carbons (Fsp3) is 0.696. The average Bonchev–Trinajstić information content (AvgIpc) is 2.53. The molecule has 146 valence electrons. The van der Waals surface area contributed by atoms with E-state index < -0.39 is 5.97 Å². The summed E-state index contributed by atoms with van der Waals surface area (Å²) < 4.78 is 0. The molecule has 3 heteroatoms. The third kappa shape index (κ3) is 4.88. The highest BCUT2D eigenvalue weighted by Gasteiger charge is 2.48. The Labute approximate surface area is 158 Å². The van der Waals surface area contributed by atoms with Crippen LogP contribution in [0.3, 0.4) is 0 Å². The number of carboxylic acid groups (broad SMARTS) is 1. The van der Waals surface area contributed by atoms with Crippen LogP contribution in [0.4, 0.5) is 0 Å². The van der Waals surface area contributed by atoms with E-state index in [1.807, 2.05) is 6.08 Å². The van der Waals surface area contributed by atoms with Crippen molar-refractivity contribution in [2.24, 2.45) is 41.4 Å². The van der Waals surface area contributed by atoms with Gasteiger partial charge in [-0.3, -0.25) is 0 Å². The van der Waals surface area contributed by atoms with Gasteiger partial charge in [-0.05, 0) is 67.6 Å². The van der Waals surface area contributed by atoms with Gasteiger partial charge in [-0.1, -0.05) is 57.6 Å². The lowest BCUT2D eigenvalue weighted by Gasteiger charge is -2.52. The molecule has 0 aromatic heterocycles. The van der Waals surface area contributed by atoms with Crippen LogP contribution in [0.1, 0.15) is 53.9 Å². The van der Waals surface area contributed by atoms with Gasteiger partial charge in [-0.25, -0.2) is 4.79 Å². The van der Waals surface area contributed by atoms with Gasteiger partial charge in [0, 0.05) is 6.08 Å². The molecule has 3 nitrogen and oxygen atoms in total. The first-order valence-electron chi connectivity index (χ1n) is 10.2. The maximum atomic E-state index is 10.8. The highest BCUT2D eigenvalue weighted by Crippen LogP contribution is 2.53. The third-order valence-corrected chi connectivity index (χ3v) is 6.48. The van der Waals surface area contributed by atoms with Crippen LogP contribution in [-0.2, 0) is 4.79 Å². The number of hydrogen-bond acceptors (Lipinski definition) is 2. The predicted molar refractivity (Wildman–Crippen MR) is 107 cm³/mol. The number of carboxylic acids is 1. The Kier molecular flexibility index (Phi) is 7.28. The highest BCUT2D eigenvalue weighted by molar-refractivity contribution is 5.80. The third-order valence-electron chi connectivity index (χ3n) is 6.48. The molecule has 0 bridgehead atoms. The fourth-order valence-electron chi connectivity index (χ4n) is 5.66. The normalized spacial score (nSPS) is 38.9. The monoisotopic (exact) mass is 360 g/mol. The van der Waals surface area contributed by atoms with Crippen molar-refractivity contribution in [3.63, 3.8) is 0 Å². The minimum Gasteiger partial charge on any atom is -0.478 e. The number of aliphatic carboxylic acids is 1. The van der Waals surface area contributed by atoms with Gasteiger partial charge in [0.2, 0.25) is 0 Å². The van der Waals surface area contributed by atoms with Gasteiger partial charge in [0.1, 0.15) is 0 Å². The van der Waals surface area contributed by atoms with E-state index in [-0.39, 0.29) is 6.10 Å². The summed E-state index contributed by atoms with van der Waals surface area (Å²) in [5, 5.41) is 19.5. The summed E-state index contributed by atoms with van der Waals surface area (Å²) in [5.74, 6) is 2.33. The van der Waals surface area contributed by atoms with Crippen LogP contribution in [0, 0.1) is 41.4 Å². The van der Waals surface area contributed by atoms with Crippen molar-refractivity contribution in [2.75, 3.05) is 0 Å². The van der Waals surface area contributed by atoms with Crippen molar-refractivity contribution in [3.8, 4) is 0 Å². The number of hydrogen-bond donors (Lipinski definition) is 2. The molecule has 2 aliphatic carbocycles. The van der Waals surface area contributed by atoms with E-state index >= 15 is 0 Å². The second kappa shape index (κ2) is 9.03. The van der Waals surface area contributed by atoms with Crippen molar-refractivity contribution in [1.29, 1.82) is 0 Å². The summed E-state index contributed by atoms with van der Waals surface area (Å²) in [7, 11) is 0. The lowest BCUT2D eigenvalue weighted by molar-refractivity contribution is -0.131. The molecule has 7 atom stereocenters. The zero-order chi connectivity index (χ0) is 19.4. The van der Waals surface area contributed by atoms with E-state index in [4.69, 9.17) is 5.11 Å². The summed E-state index contributed by atoms with van der Waals surface area (Å²) in [5.41, 5.74) is 1.44. The minimum atomic E-state index is -0.918. The van der Waals surface area contributed by atoms with Crippen LogP contribution in [-0.4, -0.2) is 22.3 Å². The van der Waals surface area contributed by atoms with Crippen molar-refractivity contribution >= 4 is 5.97 Å². The molecule has 0 unspecified atom stereocenters. The van der Waals surface area contributed by atoms with Crippen LogP contribution in [0.2, 0.25) is 0 Å². The molecular formula is C23H36O3. The quantitative estimate of drug-likeness (QED) is 0.408. The molecule has 2 N–H and O–H groups in total. The van der Waals surface area contributed by atoms with E-state index in [0.717, 1.165) is 19.3 Å². The first-order chi connectivity index (χ1) is 12.2. The van der Waals surface area contributed by atoms with Gasteiger partial charge < -0.3 is 10.2 Å². The predicted octanol–water partition coefficient (Wildman–Crippen LogP) is 5.08. The molecule has 2 fully saturated rings. The molecular weight excluding hydrogens is 324 g/mol. The molecule has 0 spiro atoms. The van der Waals surface area contributed by atoms with Gasteiger partial charge in [-0.2, -0.15) is 0 Å². The molecule has 0 amide bonds. The van der Waals surface area contributed by atoms with E-state index in [0.29, 0.717) is 41.4 Å². The van der Waals surface area contributed by atoms with Gasteiger partial charge in [0.25, 0.3) is 0 Å². The number of carbonyl (C=O) groups is 1. The van der Waals surface area contributed by atoms with Crippen molar-refractivity contribution in [2.45, 2.75) is 60.0 Å². The summed E-state index contributed by atoms with van der Waals surface area (Å²) in [4.78, 5) is 10.8. The maximum absolute atomic E-state index is 10.8. The number of aliphatic hydroxyl groups is 1. The maximum Gasteiger partial charge on any atom is 0.328 e. The summed E-state index contributed by atoms with van der Waals surface area (Å²) in [6.07, 6.45) is 12.2. The van der Waals surface area contributed by atoms with Gasteiger partial charge in [0.15, 0.2) is 0 Å². The van der Waals surface area contributed by atoms with Gasteiger partial charge in [-0.15, -0.1) is 0 Å². The zero-order valence-corrected chi connectivity index (χ0v) is 16.9. The number of rotatable bonds is 5. The Hall–Kier alpha value is -1.35. The molecule has 0 radical (unpaired) electrons. The molecule has 0 saturated heterocycles. The molecule has 2 aliphatic rings. The molecule has 2 saturated carbocycles. The lowest BCUT2D eigenvalue weighted by atomic mass is 9.53. The number of fused-ring (bicyclic) bond motifs is 1. The SMILES string of the molecule is C/C(=C\C(C)C)[C@H]1[C@@H](/C=C/C=C/C(=O)O)[C@H]2[C@@H](C[C@H]1C)[C@@H](O)CC[C@@H]2C. The minimum absolute atomic E-state index is 0.195. The van der Waals surface area contributed by atoms with Crippen LogP contribution in [0.5, 0.6) is 0 Å². The Bertz CT molecular complexity index is 572. The molecule has 26 heavy (non-hydrogen) atoms. The molecule has 0 aliphatic heterocycles. The summed E-state index contributed by atoms with van der Waals surface area (Å²) in [6.45, 7) is 11.3. The smallest absolute Gasteiger partial charge is 0.328 e. The first kappa shape index (κ1) is 21.0. The fourth-order valence-corrected chi connectivity index (χ4v) is 5.66. The van der Waals surface area contributed by atoms with Crippen molar-refractivity contribution < 1.29 is 15.0 Å². The Morgan fingerprint density at radius 2 is 1.81 bits per heavy atom. The Morgan fingerprint density at radius 3 is 2.42 bits per heavy atom. The summed E-state index contributed by atoms with van der Waals surface area (Å²) >= 11 is 0. The average molecular weight is 361 g/mol. The van der Waals surface area contributed by atoms with E-state index in [1.165, 1.54) is 11.6 Å². The lowest BCUT2D eigenvalue weighted by Crippen LogP contribution is -2.48. The van der Waals surface area contributed by atoms with Crippen LogP contribution in [0.25, 0.3) is 0 Å². The largest absolute Gasteiger partial charge is 0.478 e. The van der Waals surface area contributed by atoms with E-state index in [2.05, 4.69) is 46.8 Å². The van der Waals surface area contributed by atoms with Crippen LogP contribution in [0.15, 0.2) is 36.0 Å². The highest BCUT2D eigenvalue weighted by atomic mass is 16.4. The zero-order valence-electron chi connectivity index (χ0n) is 16.9. The van der Waals surface area contributed by atoms with Crippen molar-refractivity contribution in [1.82, 2.24) is 0 Å². The van der Waals surface area contributed by atoms with Crippen molar-refractivity contribution in [3.05, 3.63) is 36.0 Å². The van der Waals surface area contributed by atoms with Gasteiger partial charge in [0.05, 0.1) is 6.10 Å². The van der Waals surface area contributed by atoms with Crippen LogP contribution < -0.4 is 0 Å². The Morgan fingerprint density at radius 1 is 1.12 bits per heavy atom. The molecule has 0 heterocycles. The summed E-state index contributed by atoms with van der Waals surface area (Å²) in [6, 6.07) is 0. The second-order valence-corrected chi connectivity index (χ2v) is 8.92.